The first-order valence-electron chi connectivity index (χ1n) is 8.88. The maximum Gasteiger partial charge on any atom is 0.274 e. The van der Waals surface area contributed by atoms with Gasteiger partial charge in [-0.3, -0.25) is 9.48 Å². The molecule has 2 heterocycles. The predicted octanol–water partition coefficient (Wildman–Crippen LogP) is 2.11. The van der Waals surface area contributed by atoms with Crippen LogP contribution >= 0.6 is 0 Å². The van der Waals surface area contributed by atoms with Gasteiger partial charge in [-0.05, 0) is 50.5 Å². The topological polar surface area (TPSA) is 111 Å². The van der Waals surface area contributed by atoms with Crippen LogP contribution in [0, 0.1) is 13.8 Å². The summed E-state index contributed by atoms with van der Waals surface area (Å²) < 4.78 is 27.3. The predicted molar refractivity (Wildman–Crippen MR) is 105 cm³/mol. The van der Waals surface area contributed by atoms with Gasteiger partial charge >= 0.3 is 0 Å². The average molecular weight is 403 g/mol. The van der Waals surface area contributed by atoms with Crippen molar-refractivity contribution in [3.8, 4) is 11.1 Å². The number of aromatic amines is 1. The number of sulfone groups is 1. The third kappa shape index (κ3) is 2.93. The van der Waals surface area contributed by atoms with Gasteiger partial charge in [-0.2, -0.15) is 0 Å². The molecule has 0 fully saturated rings. The van der Waals surface area contributed by atoms with Crippen LogP contribution in [0.4, 0.5) is 0 Å². The zero-order valence-electron chi connectivity index (χ0n) is 16.1. The van der Waals surface area contributed by atoms with Crippen molar-refractivity contribution in [3.63, 3.8) is 0 Å². The van der Waals surface area contributed by atoms with Gasteiger partial charge in [0.1, 0.15) is 17.5 Å². The first-order valence-corrected chi connectivity index (χ1v) is 10.4. The number of rotatable bonds is 4. The molecule has 9 heteroatoms. The summed E-state index contributed by atoms with van der Waals surface area (Å²) in [7, 11) is -3.99. The van der Waals surface area contributed by atoms with E-state index in [1.807, 2.05) is 6.92 Å². The summed E-state index contributed by atoms with van der Waals surface area (Å²) >= 11 is 0. The number of oxime groups is 1. The van der Waals surface area contributed by atoms with Crippen molar-refractivity contribution in [1.29, 1.82) is 0 Å². The van der Waals surface area contributed by atoms with Crippen molar-refractivity contribution in [2.24, 2.45) is 5.16 Å². The average Bonchev–Trinajstić information content (AvgIpc) is 3.03. The van der Waals surface area contributed by atoms with Gasteiger partial charge in [0, 0.05) is 24.7 Å². The molecule has 1 aliphatic rings. The number of benzene rings is 1. The molecule has 0 spiro atoms. The van der Waals surface area contributed by atoms with Crippen LogP contribution < -0.4 is 5.56 Å². The summed E-state index contributed by atoms with van der Waals surface area (Å²) in [6, 6.07) is 1.66. The fourth-order valence-electron chi connectivity index (χ4n) is 3.47. The van der Waals surface area contributed by atoms with Crippen LogP contribution in [0.2, 0.25) is 0 Å². The lowest BCUT2D eigenvalue weighted by Crippen LogP contribution is -2.24. The lowest BCUT2D eigenvalue weighted by Gasteiger charge is -2.24. The van der Waals surface area contributed by atoms with Gasteiger partial charge in [0.05, 0.1) is 16.2 Å². The molecule has 0 aliphatic carbocycles. The van der Waals surface area contributed by atoms with Crippen LogP contribution in [0.15, 0.2) is 32.0 Å². The Hall–Kier alpha value is -2.90. The smallest absolute Gasteiger partial charge is 0.274 e. The second kappa shape index (κ2) is 7.26. The first kappa shape index (κ1) is 19.9. The highest BCUT2D eigenvalue weighted by atomic mass is 32.2. The summed E-state index contributed by atoms with van der Waals surface area (Å²) in [5.41, 5.74) is 2.59. The Bertz CT molecular complexity index is 1190. The van der Waals surface area contributed by atoms with Crippen molar-refractivity contribution in [3.05, 3.63) is 44.2 Å². The van der Waals surface area contributed by atoms with Crippen LogP contribution in [0.25, 0.3) is 11.1 Å². The van der Waals surface area contributed by atoms with Crippen molar-refractivity contribution >= 4 is 21.5 Å². The molecular formula is C19H21N3O5S. The molecule has 0 saturated carbocycles. The van der Waals surface area contributed by atoms with Gasteiger partial charge in [0.25, 0.3) is 5.56 Å². The SMILES string of the molecule is CCON=C1CC(=C=O)S(=O)(=O)c2c(C)cc(-c3c[nH]n(CC)c3=O)c(C)c21. The second-order valence-corrected chi connectivity index (χ2v) is 8.38. The fraction of sp³-hybridized carbons (Fsp3) is 0.368. The summed E-state index contributed by atoms with van der Waals surface area (Å²) in [6.45, 7) is 7.75. The molecule has 0 amide bonds. The fourth-order valence-corrected chi connectivity index (χ4v) is 5.18. The maximum atomic E-state index is 12.9. The zero-order valence-corrected chi connectivity index (χ0v) is 16.9. The number of nitrogens with one attached hydrogen (secondary N) is 1. The molecule has 1 aromatic carbocycles. The minimum Gasteiger partial charge on any atom is -0.396 e. The van der Waals surface area contributed by atoms with Crippen LogP contribution in [0.1, 0.15) is 37.0 Å². The minimum absolute atomic E-state index is 0.0168. The quantitative estimate of drug-likeness (QED) is 0.621. The molecule has 3 rings (SSSR count). The lowest BCUT2D eigenvalue weighted by molar-refractivity contribution is 0.158. The molecule has 1 aromatic heterocycles. The molecule has 1 aliphatic heterocycles. The Labute approximate surface area is 162 Å². The number of aromatic nitrogens is 2. The highest BCUT2D eigenvalue weighted by Gasteiger charge is 2.37. The normalized spacial score (nSPS) is 16.7. The highest BCUT2D eigenvalue weighted by molar-refractivity contribution is 7.95. The molecule has 1 N–H and O–H groups in total. The molecule has 0 unspecified atom stereocenters. The van der Waals surface area contributed by atoms with Gasteiger partial charge in [0.2, 0.25) is 9.84 Å². The van der Waals surface area contributed by atoms with Crippen molar-refractivity contribution in [2.75, 3.05) is 6.61 Å². The first-order chi connectivity index (χ1) is 13.3. The number of carbonyl (C=O) groups excluding carboxylic acids is 1. The summed E-state index contributed by atoms with van der Waals surface area (Å²) in [4.78, 5) is 28.7. The summed E-state index contributed by atoms with van der Waals surface area (Å²) in [5.74, 6) is 1.54. The van der Waals surface area contributed by atoms with E-state index in [0.29, 0.717) is 46.7 Å². The van der Waals surface area contributed by atoms with Crippen LogP contribution in [0.3, 0.4) is 0 Å². The third-order valence-corrected chi connectivity index (χ3v) is 6.74. The largest absolute Gasteiger partial charge is 0.396 e. The van der Waals surface area contributed by atoms with Crippen molar-refractivity contribution in [1.82, 2.24) is 9.78 Å². The van der Waals surface area contributed by atoms with Gasteiger partial charge < -0.3 is 9.94 Å². The Morgan fingerprint density at radius 3 is 2.57 bits per heavy atom. The minimum atomic E-state index is -3.99. The summed E-state index contributed by atoms with van der Waals surface area (Å²) in [6.07, 6.45) is 1.41. The number of hydrogen-bond acceptors (Lipinski definition) is 6. The van der Waals surface area contributed by atoms with Gasteiger partial charge in [0.15, 0.2) is 0 Å². The van der Waals surface area contributed by atoms with Crippen LogP contribution in [0.5, 0.6) is 0 Å². The molecule has 2 aromatic rings. The van der Waals surface area contributed by atoms with Gasteiger partial charge in [-0.15, -0.1) is 0 Å². The molecule has 8 nitrogen and oxygen atoms in total. The summed E-state index contributed by atoms with van der Waals surface area (Å²) in [5, 5.41) is 6.95. The number of aryl methyl sites for hydroxylation is 2. The zero-order chi connectivity index (χ0) is 20.6. The molecule has 0 radical (unpaired) electrons. The second-order valence-electron chi connectivity index (χ2n) is 6.47. The monoisotopic (exact) mass is 403 g/mol. The Morgan fingerprint density at radius 2 is 2.00 bits per heavy atom. The van der Waals surface area contributed by atoms with E-state index >= 15 is 0 Å². The molecule has 0 bridgehead atoms. The van der Waals surface area contributed by atoms with Crippen molar-refractivity contribution in [2.45, 2.75) is 45.6 Å². The van der Waals surface area contributed by atoms with E-state index in [9.17, 15) is 18.0 Å². The van der Waals surface area contributed by atoms with Crippen molar-refractivity contribution < 1.29 is 18.0 Å². The number of hydrogen-bond donors (Lipinski definition) is 1. The number of fused-ring (bicyclic) bond motifs is 1. The molecule has 28 heavy (non-hydrogen) atoms. The highest BCUT2D eigenvalue weighted by Crippen LogP contribution is 2.39. The Morgan fingerprint density at radius 1 is 1.29 bits per heavy atom. The number of allylic oxidation sites excluding steroid dienone is 1. The van der Waals surface area contributed by atoms with E-state index in [0.717, 1.165) is 0 Å². The molecule has 0 atom stereocenters. The van der Waals surface area contributed by atoms with Crippen LogP contribution in [-0.2, 0) is 26.0 Å². The molecule has 148 valence electrons. The molecule has 0 saturated heterocycles. The van der Waals surface area contributed by atoms with Crippen LogP contribution in [-0.4, -0.2) is 36.5 Å². The number of nitrogens with zero attached hydrogens (tertiary/aromatic N) is 2. The van der Waals surface area contributed by atoms with E-state index in [1.54, 1.807) is 33.0 Å². The Kier molecular flexibility index (Phi) is 5.14. The van der Waals surface area contributed by atoms with Gasteiger partial charge in [-0.1, -0.05) is 5.16 Å². The van der Waals surface area contributed by atoms with E-state index in [1.165, 1.54) is 10.6 Å². The molecular weight excluding hydrogens is 382 g/mol. The van der Waals surface area contributed by atoms with E-state index in [2.05, 4.69) is 10.3 Å². The third-order valence-electron chi connectivity index (χ3n) is 4.80. The number of H-pyrrole nitrogens is 1. The lowest BCUT2D eigenvalue weighted by atomic mass is 9.91. The van der Waals surface area contributed by atoms with E-state index in [4.69, 9.17) is 4.84 Å². The standard InChI is InChI=1S/C19H21N3O5S/c1-5-22-19(24)15(9-20-22)14-7-11(3)18-17(12(14)4)16(21-27-6-2)8-13(10-23)28(18,25)26/h7,9,20H,5-6,8H2,1-4H3. The van der Waals surface area contributed by atoms with Gasteiger partial charge in [-0.25, -0.2) is 13.2 Å². The van der Waals surface area contributed by atoms with E-state index in [-0.39, 0.29) is 21.8 Å². The Balaban J connectivity index is 2.41. The van der Waals surface area contributed by atoms with E-state index < -0.39 is 9.84 Å². The maximum absolute atomic E-state index is 12.9.